The van der Waals surface area contributed by atoms with Crippen LogP contribution < -0.4 is 5.32 Å². The molecule has 3 aromatic rings. The molecule has 0 unspecified atom stereocenters. The lowest BCUT2D eigenvalue weighted by Crippen LogP contribution is -2.03. The van der Waals surface area contributed by atoms with Crippen LogP contribution in [0.2, 0.25) is 0 Å². The van der Waals surface area contributed by atoms with E-state index in [1.54, 1.807) is 11.0 Å². The largest absolute Gasteiger partial charge is 0.379 e. The summed E-state index contributed by atoms with van der Waals surface area (Å²) in [5.74, 6) is 0. The maximum Gasteiger partial charge on any atom is 0.102 e. The molecule has 4 heteroatoms. The van der Waals surface area contributed by atoms with Crippen molar-refractivity contribution in [3.63, 3.8) is 0 Å². The first-order valence-electron chi connectivity index (χ1n) is 7.00. The molecule has 0 atom stereocenters. The lowest BCUT2D eigenvalue weighted by Gasteiger charge is -2.07. The zero-order valence-corrected chi connectivity index (χ0v) is 12.2. The summed E-state index contributed by atoms with van der Waals surface area (Å²) in [4.78, 5) is 1.65. The highest BCUT2D eigenvalue weighted by Crippen LogP contribution is 2.15. The minimum atomic E-state index is 0.662. The van der Waals surface area contributed by atoms with Crippen LogP contribution in [0.5, 0.6) is 0 Å². The van der Waals surface area contributed by atoms with Crippen LogP contribution >= 0.6 is 0 Å². The summed E-state index contributed by atoms with van der Waals surface area (Å²) in [6.07, 6.45) is 1.79. The van der Waals surface area contributed by atoms with Crippen LogP contribution in [0.25, 0.3) is 5.69 Å². The highest BCUT2D eigenvalue weighted by atomic mass is 15.5. The third-order valence-electron chi connectivity index (χ3n) is 3.51. The van der Waals surface area contributed by atoms with Gasteiger partial charge >= 0.3 is 0 Å². The Morgan fingerprint density at radius 2 is 1.81 bits per heavy atom. The number of hydrogen-bond donors (Lipinski definition) is 1. The Morgan fingerprint density at radius 3 is 2.57 bits per heavy atom. The molecule has 0 fully saturated rings. The molecule has 0 spiro atoms. The molecule has 0 aliphatic carbocycles. The third kappa shape index (κ3) is 3.11. The van der Waals surface area contributed by atoms with Crippen molar-refractivity contribution in [3.05, 3.63) is 71.5 Å². The Labute approximate surface area is 124 Å². The average Bonchev–Trinajstić information content (AvgIpc) is 2.98. The molecular formula is C17H18N4. The van der Waals surface area contributed by atoms with E-state index in [2.05, 4.69) is 47.6 Å². The van der Waals surface area contributed by atoms with Crippen molar-refractivity contribution in [2.75, 3.05) is 5.32 Å². The molecule has 21 heavy (non-hydrogen) atoms. The summed E-state index contributed by atoms with van der Waals surface area (Å²) in [5, 5.41) is 12.2. The van der Waals surface area contributed by atoms with Gasteiger partial charge < -0.3 is 5.32 Å². The zero-order chi connectivity index (χ0) is 14.7. The number of benzene rings is 2. The van der Waals surface area contributed by atoms with Gasteiger partial charge in [-0.15, -0.1) is 0 Å². The van der Waals surface area contributed by atoms with E-state index >= 15 is 0 Å². The SMILES string of the molecule is Cc1ccc(NCc2cnn(-c3ccccc3)n2)cc1C. The van der Waals surface area contributed by atoms with Crippen molar-refractivity contribution in [2.24, 2.45) is 0 Å². The second kappa shape index (κ2) is 5.79. The molecule has 2 aromatic carbocycles. The standard InChI is InChI=1S/C17H18N4/c1-13-8-9-15(10-14(13)2)18-11-16-12-19-21(20-16)17-6-4-3-5-7-17/h3-10,12,18H,11H2,1-2H3. The smallest absolute Gasteiger partial charge is 0.102 e. The first-order chi connectivity index (χ1) is 10.2. The minimum Gasteiger partial charge on any atom is -0.379 e. The number of rotatable bonds is 4. The molecule has 0 amide bonds. The van der Waals surface area contributed by atoms with Gasteiger partial charge in [0.15, 0.2) is 0 Å². The van der Waals surface area contributed by atoms with Crippen LogP contribution in [-0.4, -0.2) is 15.0 Å². The second-order valence-corrected chi connectivity index (χ2v) is 5.11. The van der Waals surface area contributed by atoms with Crippen LogP contribution in [0.1, 0.15) is 16.8 Å². The van der Waals surface area contributed by atoms with Crippen molar-refractivity contribution >= 4 is 5.69 Å². The van der Waals surface area contributed by atoms with Gasteiger partial charge in [0, 0.05) is 5.69 Å². The summed E-state index contributed by atoms with van der Waals surface area (Å²) in [6, 6.07) is 16.3. The Morgan fingerprint density at radius 1 is 1.00 bits per heavy atom. The molecule has 106 valence electrons. The van der Waals surface area contributed by atoms with E-state index in [1.165, 1.54) is 11.1 Å². The van der Waals surface area contributed by atoms with Gasteiger partial charge in [-0.2, -0.15) is 15.0 Å². The van der Waals surface area contributed by atoms with E-state index in [1.807, 2.05) is 30.3 Å². The molecule has 1 aromatic heterocycles. The number of nitrogens with one attached hydrogen (secondary N) is 1. The number of aryl methyl sites for hydroxylation is 2. The molecule has 0 saturated carbocycles. The number of nitrogens with zero attached hydrogens (tertiary/aromatic N) is 3. The van der Waals surface area contributed by atoms with Gasteiger partial charge in [0.1, 0.15) is 5.69 Å². The maximum absolute atomic E-state index is 4.48. The number of para-hydroxylation sites is 1. The summed E-state index contributed by atoms with van der Waals surface area (Å²) >= 11 is 0. The van der Waals surface area contributed by atoms with Crippen LogP contribution in [0.3, 0.4) is 0 Å². The van der Waals surface area contributed by atoms with Gasteiger partial charge in [0.2, 0.25) is 0 Å². The molecule has 0 saturated heterocycles. The fraction of sp³-hybridized carbons (Fsp3) is 0.176. The summed E-state index contributed by atoms with van der Waals surface area (Å²) < 4.78 is 0. The molecule has 1 N–H and O–H groups in total. The average molecular weight is 278 g/mol. The van der Waals surface area contributed by atoms with E-state index in [0.29, 0.717) is 6.54 Å². The lowest BCUT2D eigenvalue weighted by molar-refractivity contribution is 0.740. The van der Waals surface area contributed by atoms with Gasteiger partial charge in [-0.3, -0.25) is 0 Å². The zero-order valence-electron chi connectivity index (χ0n) is 12.2. The first kappa shape index (κ1) is 13.4. The van der Waals surface area contributed by atoms with E-state index in [4.69, 9.17) is 0 Å². The summed E-state index contributed by atoms with van der Waals surface area (Å²) in [7, 11) is 0. The Kier molecular flexibility index (Phi) is 3.69. The molecule has 3 rings (SSSR count). The van der Waals surface area contributed by atoms with Crippen LogP contribution in [-0.2, 0) is 6.54 Å². The predicted molar refractivity (Wildman–Crippen MR) is 84.6 cm³/mol. The fourth-order valence-electron chi connectivity index (χ4n) is 2.11. The first-order valence-corrected chi connectivity index (χ1v) is 7.00. The monoisotopic (exact) mass is 278 g/mol. The van der Waals surface area contributed by atoms with E-state index in [-0.39, 0.29) is 0 Å². The molecule has 4 nitrogen and oxygen atoms in total. The third-order valence-corrected chi connectivity index (χ3v) is 3.51. The van der Waals surface area contributed by atoms with Crippen LogP contribution in [0.15, 0.2) is 54.7 Å². The minimum absolute atomic E-state index is 0.662. The summed E-state index contributed by atoms with van der Waals surface area (Å²) in [5.41, 5.74) is 5.57. The van der Waals surface area contributed by atoms with Gasteiger partial charge in [-0.1, -0.05) is 24.3 Å². The molecule has 0 radical (unpaired) electrons. The molecule has 0 aliphatic rings. The van der Waals surface area contributed by atoms with Crippen molar-refractivity contribution in [2.45, 2.75) is 20.4 Å². The fourth-order valence-corrected chi connectivity index (χ4v) is 2.11. The molecule has 0 bridgehead atoms. The van der Waals surface area contributed by atoms with Crippen molar-refractivity contribution in [3.8, 4) is 5.69 Å². The van der Waals surface area contributed by atoms with Crippen molar-refractivity contribution in [1.29, 1.82) is 0 Å². The topological polar surface area (TPSA) is 42.7 Å². The van der Waals surface area contributed by atoms with Gasteiger partial charge in [-0.05, 0) is 49.2 Å². The van der Waals surface area contributed by atoms with Crippen LogP contribution in [0.4, 0.5) is 5.69 Å². The van der Waals surface area contributed by atoms with Crippen LogP contribution in [0, 0.1) is 13.8 Å². The number of anilines is 1. The Balaban J connectivity index is 1.69. The Hall–Kier alpha value is -2.62. The molecular weight excluding hydrogens is 260 g/mol. The van der Waals surface area contributed by atoms with Crippen molar-refractivity contribution < 1.29 is 0 Å². The quantitative estimate of drug-likeness (QED) is 0.794. The highest BCUT2D eigenvalue weighted by molar-refractivity contribution is 5.48. The molecule has 1 heterocycles. The maximum atomic E-state index is 4.48. The predicted octanol–water partition coefficient (Wildman–Crippen LogP) is 3.50. The lowest BCUT2D eigenvalue weighted by atomic mass is 10.1. The van der Waals surface area contributed by atoms with Gasteiger partial charge in [0.25, 0.3) is 0 Å². The van der Waals surface area contributed by atoms with Gasteiger partial charge in [0.05, 0.1) is 18.4 Å². The number of hydrogen-bond acceptors (Lipinski definition) is 3. The number of aromatic nitrogens is 3. The van der Waals surface area contributed by atoms with E-state index in [0.717, 1.165) is 17.1 Å². The van der Waals surface area contributed by atoms with E-state index < -0.39 is 0 Å². The second-order valence-electron chi connectivity index (χ2n) is 5.11. The normalized spacial score (nSPS) is 10.6. The van der Waals surface area contributed by atoms with Crippen molar-refractivity contribution in [1.82, 2.24) is 15.0 Å². The molecule has 0 aliphatic heterocycles. The van der Waals surface area contributed by atoms with E-state index in [9.17, 15) is 0 Å². The highest BCUT2D eigenvalue weighted by Gasteiger charge is 2.03. The Bertz CT molecular complexity index is 732. The van der Waals surface area contributed by atoms with Gasteiger partial charge in [-0.25, -0.2) is 0 Å². The summed E-state index contributed by atoms with van der Waals surface area (Å²) in [6.45, 7) is 4.89.